The first kappa shape index (κ1) is 15.6. The number of hydrogen-bond donors (Lipinski definition) is 3. The summed E-state index contributed by atoms with van der Waals surface area (Å²) in [6.45, 7) is 1.80. The minimum atomic E-state index is -1.03. The fourth-order valence-electron chi connectivity index (χ4n) is 2.50. The predicted molar refractivity (Wildman–Crippen MR) is 94.7 cm³/mol. The van der Waals surface area contributed by atoms with Gasteiger partial charge in [-0.25, -0.2) is 9.59 Å². The number of aromatic carboxylic acids is 1. The Morgan fingerprint density at radius 3 is 2.38 bits per heavy atom. The van der Waals surface area contributed by atoms with Gasteiger partial charge in [0, 0.05) is 11.1 Å². The number of benzene rings is 3. The van der Waals surface area contributed by atoms with Gasteiger partial charge in [-0.2, -0.15) is 0 Å². The van der Waals surface area contributed by atoms with Crippen LogP contribution in [0.4, 0.5) is 16.2 Å². The van der Waals surface area contributed by atoms with E-state index in [4.69, 9.17) is 5.11 Å². The topological polar surface area (TPSA) is 78.4 Å². The second kappa shape index (κ2) is 6.42. The Bertz CT molecular complexity index is 930. The monoisotopic (exact) mass is 320 g/mol. The number of urea groups is 1. The molecule has 0 spiro atoms. The Hall–Kier alpha value is -3.34. The van der Waals surface area contributed by atoms with E-state index >= 15 is 0 Å². The van der Waals surface area contributed by atoms with E-state index in [0.717, 1.165) is 16.3 Å². The average Bonchev–Trinajstić information content (AvgIpc) is 2.57. The highest BCUT2D eigenvalue weighted by Crippen LogP contribution is 2.23. The quantitative estimate of drug-likeness (QED) is 0.665. The lowest BCUT2D eigenvalue weighted by atomic mass is 10.1. The number of nitrogens with one attached hydrogen (secondary N) is 2. The van der Waals surface area contributed by atoms with Crippen LogP contribution >= 0.6 is 0 Å². The Labute approximate surface area is 138 Å². The SMILES string of the molecule is Cc1ccc(C(=O)O)cc1NC(=O)Nc1cccc2ccccc12. The molecule has 0 fully saturated rings. The van der Waals surface area contributed by atoms with E-state index in [1.54, 1.807) is 13.0 Å². The summed E-state index contributed by atoms with van der Waals surface area (Å²) in [6, 6.07) is 17.6. The average molecular weight is 320 g/mol. The molecule has 0 saturated heterocycles. The number of amides is 2. The predicted octanol–water partition coefficient (Wildman–Crippen LogP) is 4.49. The fourth-order valence-corrected chi connectivity index (χ4v) is 2.50. The minimum Gasteiger partial charge on any atom is -0.478 e. The molecule has 0 aliphatic carbocycles. The van der Waals surface area contributed by atoms with Gasteiger partial charge in [0.05, 0.1) is 11.3 Å². The number of carboxylic acids is 1. The van der Waals surface area contributed by atoms with Gasteiger partial charge < -0.3 is 15.7 Å². The summed E-state index contributed by atoms with van der Waals surface area (Å²) in [5, 5.41) is 16.5. The summed E-state index contributed by atoms with van der Waals surface area (Å²) < 4.78 is 0. The Balaban J connectivity index is 1.83. The molecule has 0 radical (unpaired) electrons. The molecular weight excluding hydrogens is 304 g/mol. The molecule has 0 heterocycles. The maximum atomic E-state index is 12.3. The molecule has 24 heavy (non-hydrogen) atoms. The van der Waals surface area contributed by atoms with E-state index in [0.29, 0.717) is 11.4 Å². The van der Waals surface area contributed by atoms with Crippen LogP contribution in [-0.4, -0.2) is 17.1 Å². The van der Waals surface area contributed by atoms with Crippen LogP contribution in [0, 0.1) is 6.92 Å². The molecule has 120 valence electrons. The molecule has 2 amide bonds. The van der Waals surface area contributed by atoms with Crippen molar-refractivity contribution in [2.24, 2.45) is 0 Å². The zero-order chi connectivity index (χ0) is 17.1. The second-order valence-corrected chi connectivity index (χ2v) is 5.44. The zero-order valence-electron chi connectivity index (χ0n) is 13.0. The largest absolute Gasteiger partial charge is 0.478 e. The van der Waals surface area contributed by atoms with Gasteiger partial charge in [0.2, 0.25) is 0 Å². The van der Waals surface area contributed by atoms with Gasteiger partial charge >= 0.3 is 12.0 Å². The van der Waals surface area contributed by atoms with Gasteiger partial charge in [0.1, 0.15) is 0 Å². The minimum absolute atomic E-state index is 0.126. The fraction of sp³-hybridized carbons (Fsp3) is 0.0526. The summed E-state index contributed by atoms with van der Waals surface area (Å²) in [5.74, 6) is -1.03. The number of anilines is 2. The molecule has 0 saturated carbocycles. The van der Waals surface area contributed by atoms with Crippen LogP contribution < -0.4 is 10.6 Å². The van der Waals surface area contributed by atoms with Crippen molar-refractivity contribution in [1.82, 2.24) is 0 Å². The van der Waals surface area contributed by atoms with Crippen molar-refractivity contribution in [3.8, 4) is 0 Å². The van der Waals surface area contributed by atoms with Crippen molar-refractivity contribution in [3.05, 3.63) is 71.8 Å². The third-order valence-electron chi connectivity index (χ3n) is 3.77. The van der Waals surface area contributed by atoms with Crippen molar-refractivity contribution < 1.29 is 14.7 Å². The summed E-state index contributed by atoms with van der Waals surface area (Å²) >= 11 is 0. The molecule has 3 aromatic carbocycles. The molecule has 0 atom stereocenters. The number of aryl methyl sites for hydroxylation is 1. The van der Waals surface area contributed by atoms with Gasteiger partial charge in [-0.15, -0.1) is 0 Å². The maximum absolute atomic E-state index is 12.3. The van der Waals surface area contributed by atoms with E-state index in [1.165, 1.54) is 12.1 Å². The molecule has 0 aliphatic heterocycles. The Morgan fingerprint density at radius 2 is 1.58 bits per heavy atom. The molecular formula is C19H16N2O3. The lowest BCUT2D eigenvalue weighted by molar-refractivity contribution is 0.0697. The summed E-state index contributed by atoms with van der Waals surface area (Å²) in [4.78, 5) is 23.3. The van der Waals surface area contributed by atoms with Crippen molar-refractivity contribution in [2.45, 2.75) is 6.92 Å². The summed E-state index contributed by atoms with van der Waals surface area (Å²) in [5.41, 5.74) is 2.07. The lowest BCUT2D eigenvalue weighted by Crippen LogP contribution is -2.20. The highest BCUT2D eigenvalue weighted by Gasteiger charge is 2.10. The van der Waals surface area contributed by atoms with E-state index in [9.17, 15) is 9.59 Å². The van der Waals surface area contributed by atoms with Gasteiger partial charge in [-0.3, -0.25) is 0 Å². The number of hydrogen-bond acceptors (Lipinski definition) is 2. The second-order valence-electron chi connectivity index (χ2n) is 5.44. The van der Waals surface area contributed by atoms with Crippen LogP contribution in [0.1, 0.15) is 15.9 Å². The molecule has 0 aliphatic rings. The molecule has 0 bridgehead atoms. The van der Waals surface area contributed by atoms with E-state index in [2.05, 4.69) is 10.6 Å². The van der Waals surface area contributed by atoms with Crippen LogP contribution in [0.2, 0.25) is 0 Å². The normalized spacial score (nSPS) is 10.4. The maximum Gasteiger partial charge on any atom is 0.335 e. The van der Waals surface area contributed by atoms with Crippen LogP contribution in [0.3, 0.4) is 0 Å². The van der Waals surface area contributed by atoms with E-state index < -0.39 is 12.0 Å². The first-order valence-electron chi connectivity index (χ1n) is 7.44. The standard InChI is InChI=1S/C19H16N2O3/c1-12-9-10-14(18(22)23)11-17(12)21-19(24)20-16-8-4-6-13-5-2-3-7-15(13)16/h2-11H,1H3,(H,22,23)(H2,20,21,24). The summed E-state index contributed by atoms with van der Waals surface area (Å²) in [7, 11) is 0. The van der Waals surface area contributed by atoms with Crippen LogP contribution in [0.15, 0.2) is 60.7 Å². The molecule has 0 aromatic heterocycles. The van der Waals surface area contributed by atoms with Gasteiger partial charge in [0.25, 0.3) is 0 Å². The van der Waals surface area contributed by atoms with Crippen molar-refractivity contribution in [2.75, 3.05) is 10.6 Å². The van der Waals surface area contributed by atoms with E-state index in [-0.39, 0.29) is 5.56 Å². The van der Waals surface area contributed by atoms with E-state index in [1.807, 2.05) is 42.5 Å². The van der Waals surface area contributed by atoms with Gasteiger partial charge in [0.15, 0.2) is 0 Å². The lowest BCUT2D eigenvalue weighted by Gasteiger charge is -2.12. The first-order valence-corrected chi connectivity index (χ1v) is 7.44. The summed E-state index contributed by atoms with van der Waals surface area (Å²) in [6.07, 6.45) is 0. The Kier molecular flexibility index (Phi) is 4.16. The highest BCUT2D eigenvalue weighted by atomic mass is 16.4. The molecule has 3 N–H and O–H groups in total. The first-order chi connectivity index (χ1) is 11.5. The number of carbonyl (C=O) groups excluding carboxylic acids is 1. The third kappa shape index (κ3) is 3.20. The Morgan fingerprint density at radius 1 is 0.875 bits per heavy atom. The number of fused-ring (bicyclic) bond motifs is 1. The molecule has 5 heteroatoms. The van der Waals surface area contributed by atoms with Crippen LogP contribution in [0.25, 0.3) is 10.8 Å². The highest BCUT2D eigenvalue weighted by molar-refractivity contribution is 6.06. The molecule has 5 nitrogen and oxygen atoms in total. The van der Waals surface area contributed by atoms with Crippen LogP contribution in [-0.2, 0) is 0 Å². The molecule has 0 unspecified atom stereocenters. The van der Waals surface area contributed by atoms with Crippen LogP contribution in [0.5, 0.6) is 0 Å². The smallest absolute Gasteiger partial charge is 0.335 e. The third-order valence-corrected chi connectivity index (χ3v) is 3.77. The van der Waals surface area contributed by atoms with Gasteiger partial charge in [-0.1, -0.05) is 42.5 Å². The van der Waals surface area contributed by atoms with Crippen molar-refractivity contribution >= 4 is 34.1 Å². The number of carboxylic acid groups (broad SMARTS) is 1. The van der Waals surface area contributed by atoms with Crippen molar-refractivity contribution in [3.63, 3.8) is 0 Å². The molecule has 3 rings (SSSR count). The number of rotatable bonds is 3. The van der Waals surface area contributed by atoms with Gasteiger partial charge in [-0.05, 0) is 36.1 Å². The zero-order valence-corrected chi connectivity index (χ0v) is 13.0. The van der Waals surface area contributed by atoms with Crippen molar-refractivity contribution in [1.29, 1.82) is 0 Å². The number of carbonyl (C=O) groups is 2. The molecule has 3 aromatic rings.